The first-order chi connectivity index (χ1) is 12.7. The van der Waals surface area contributed by atoms with Crippen molar-refractivity contribution in [2.45, 2.75) is 39.3 Å². The van der Waals surface area contributed by atoms with Gasteiger partial charge in [0.2, 0.25) is 5.82 Å². The molecule has 0 radical (unpaired) electrons. The Morgan fingerprint density at radius 2 is 2.15 bits per heavy atom. The van der Waals surface area contributed by atoms with Gasteiger partial charge in [-0.3, -0.25) is 5.10 Å². The molecule has 1 aromatic carbocycles. The summed E-state index contributed by atoms with van der Waals surface area (Å²) < 4.78 is 13.8. The van der Waals surface area contributed by atoms with Gasteiger partial charge in [0, 0.05) is 6.42 Å². The molecule has 0 amide bonds. The van der Waals surface area contributed by atoms with Gasteiger partial charge in [0.1, 0.15) is 18.8 Å². The van der Waals surface area contributed by atoms with Crippen molar-refractivity contribution < 1.29 is 9.47 Å². The van der Waals surface area contributed by atoms with Crippen molar-refractivity contribution in [1.82, 2.24) is 29.9 Å². The molecule has 136 valence electrons. The van der Waals surface area contributed by atoms with Gasteiger partial charge in [-0.05, 0) is 18.1 Å². The number of hydrogen-bond donors (Lipinski definition) is 1. The minimum absolute atomic E-state index is 0.121. The van der Waals surface area contributed by atoms with Gasteiger partial charge >= 0.3 is 0 Å². The van der Waals surface area contributed by atoms with Crippen LogP contribution in [0.5, 0.6) is 11.5 Å². The van der Waals surface area contributed by atoms with Gasteiger partial charge in [0.15, 0.2) is 23.4 Å². The number of H-pyrrole nitrogens is 1. The number of rotatable bonds is 6. The molecule has 2 aromatic heterocycles. The highest BCUT2D eigenvalue weighted by Gasteiger charge is 2.24. The topological polar surface area (TPSA) is 90.7 Å². The van der Waals surface area contributed by atoms with Crippen LogP contribution in [0.15, 0.2) is 30.6 Å². The van der Waals surface area contributed by atoms with E-state index < -0.39 is 0 Å². The molecule has 8 heteroatoms. The summed E-state index contributed by atoms with van der Waals surface area (Å²) in [6.07, 6.45) is 3.27. The van der Waals surface area contributed by atoms with E-state index in [4.69, 9.17) is 9.47 Å². The lowest BCUT2D eigenvalue weighted by molar-refractivity contribution is 0.0750. The van der Waals surface area contributed by atoms with E-state index in [1.807, 2.05) is 28.9 Å². The molecule has 0 saturated carbocycles. The van der Waals surface area contributed by atoms with Crippen molar-refractivity contribution >= 4 is 0 Å². The zero-order valence-corrected chi connectivity index (χ0v) is 14.9. The molecule has 8 nitrogen and oxygen atoms in total. The molecule has 0 spiro atoms. The Bertz CT molecular complexity index is 860. The quantitative estimate of drug-likeness (QED) is 0.731. The molecule has 0 fully saturated rings. The van der Waals surface area contributed by atoms with Crippen molar-refractivity contribution in [2.24, 2.45) is 5.92 Å². The Kier molecular flexibility index (Phi) is 4.55. The van der Waals surface area contributed by atoms with Crippen LogP contribution in [0.4, 0.5) is 0 Å². The molecular weight excluding hydrogens is 332 g/mol. The second-order valence-electron chi connectivity index (χ2n) is 6.58. The highest BCUT2D eigenvalue weighted by atomic mass is 16.6. The molecule has 1 aliphatic heterocycles. The fraction of sp³-hybridized carbons (Fsp3) is 0.444. The summed E-state index contributed by atoms with van der Waals surface area (Å²) in [5.41, 5.74) is 0. The zero-order chi connectivity index (χ0) is 17.9. The number of ether oxygens (including phenoxy) is 2. The summed E-state index contributed by atoms with van der Waals surface area (Å²) >= 11 is 0. The average Bonchev–Trinajstić information content (AvgIpc) is 3.32. The van der Waals surface area contributed by atoms with Gasteiger partial charge in [-0.2, -0.15) is 5.10 Å². The van der Waals surface area contributed by atoms with Crippen LogP contribution < -0.4 is 9.47 Å². The predicted octanol–water partition coefficient (Wildman–Crippen LogP) is 2.49. The lowest BCUT2D eigenvalue weighted by Gasteiger charge is -2.26. The smallest absolute Gasteiger partial charge is 0.218 e. The van der Waals surface area contributed by atoms with Gasteiger partial charge in [-0.25, -0.2) is 14.6 Å². The first-order valence-electron chi connectivity index (χ1n) is 8.91. The van der Waals surface area contributed by atoms with Crippen LogP contribution in [-0.2, 0) is 13.0 Å². The number of nitrogens with zero attached hydrogens (tertiary/aromatic N) is 5. The largest absolute Gasteiger partial charge is 0.486 e. The Morgan fingerprint density at radius 3 is 2.92 bits per heavy atom. The van der Waals surface area contributed by atoms with Gasteiger partial charge < -0.3 is 9.47 Å². The molecule has 26 heavy (non-hydrogen) atoms. The van der Waals surface area contributed by atoms with E-state index in [0.717, 1.165) is 30.2 Å². The highest BCUT2D eigenvalue weighted by Crippen LogP contribution is 2.31. The molecule has 0 aliphatic carbocycles. The van der Waals surface area contributed by atoms with Crippen molar-refractivity contribution in [2.75, 3.05) is 6.61 Å². The molecule has 1 N–H and O–H groups in total. The van der Waals surface area contributed by atoms with Gasteiger partial charge in [-0.15, -0.1) is 5.10 Å². The Morgan fingerprint density at radius 1 is 1.31 bits per heavy atom. The number of para-hydroxylation sites is 2. The summed E-state index contributed by atoms with van der Waals surface area (Å²) in [7, 11) is 0. The van der Waals surface area contributed by atoms with Gasteiger partial charge in [0.25, 0.3) is 0 Å². The number of hydrogen-bond acceptors (Lipinski definition) is 6. The van der Waals surface area contributed by atoms with E-state index in [1.54, 1.807) is 0 Å². The molecule has 1 aliphatic rings. The van der Waals surface area contributed by atoms with E-state index in [-0.39, 0.29) is 6.10 Å². The highest BCUT2D eigenvalue weighted by molar-refractivity contribution is 5.41. The van der Waals surface area contributed by atoms with Crippen LogP contribution in [0.1, 0.15) is 26.1 Å². The van der Waals surface area contributed by atoms with E-state index in [1.165, 1.54) is 6.33 Å². The average molecular weight is 354 g/mol. The summed E-state index contributed by atoms with van der Waals surface area (Å²) in [6, 6.07) is 7.71. The summed E-state index contributed by atoms with van der Waals surface area (Å²) in [6.45, 7) is 5.44. The third kappa shape index (κ3) is 3.40. The third-order valence-electron chi connectivity index (χ3n) is 4.55. The summed E-state index contributed by atoms with van der Waals surface area (Å²) in [5.74, 6) is 4.11. The van der Waals surface area contributed by atoms with Crippen molar-refractivity contribution in [1.29, 1.82) is 0 Å². The van der Waals surface area contributed by atoms with Crippen LogP contribution >= 0.6 is 0 Å². The molecule has 3 heterocycles. The van der Waals surface area contributed by atoms with E-state index >= 15 is 0 Å². The fourth-order valence-corrected chi connectivity index (χ4v) is 2.89. The van der Waals surface area contributed by atoms with Crippen LogP contribution in [0.3, 0.4) is 0 Å². The normalized spacial score (nSPS) is 17.2. The number of nitrogens with one attached hydrogen (secondary N) is 1. The lowest BCUT2D eigenvalue weighted by atomic mass is 10.1. The monoisotopic (exact) mass is 354 g/mol. The predicted molar refractivity (Wildman–Crippen MR) is 94.9 cm³/mol. The summed E-state index contributed by atoms with van der Waals surface area (Å²) in [5, 5.41) is 11.3. The van der Waals surface area contributed by atoms with Crippen molar-refractivity contribution in [3.63, 3.8) is 0 Å². The minimum Gasteiger partial charge on any atom is -0.486 e. The Hall–Kier alpha value is -2.90. The van der Waals surface area contributed by atoms with Gasteiger partial charge in [-0.1, -0.05) is 32.4 Å². The van der Waals surface area contributed by atoms with E-state index in [2.05, 4.69) is 39.1 Å². The van der Waals surface area contributed by atoms with Crippen LogP contribution in [0, 0.1) is 5.92 Å². The molecule has 0 bridgehead atoms. The molecule has 0 saturated heterocycles. The third-order valence-corrected chi connectivity index (χ3v) is 4.55. The zero-order valence-electron chi connectivity index (χ0n) is 14.9. The maximum absolute atomic E-state index is 6.07. The Labute approximate surface area is 151 Å². The molecule has 4 rings (SSSR count). The lowest BCUT2D eigenvalue weighted by Crippen LogP contribution is -2.34. The second-order valence-corrected chi connectivity index (χ2v) is 6.58. The van der Waals surface area contributed by atoms with Gasteiger partial charge in [0.05, 0.1) is 6.54 Å². The standard InChI is InChI=1S/C18H22N6O2/c1-3-12(2)8-16-21-18(17-19-11-20-22-17)23-24(16)9-13-10-25-14-6-4-5-7-15(14)26-13/h4-7,11-13H,3,8-10H2,1-2H3,(H,19,20,22). The molecule has 3 aromatic rings. The first kappa shape index (κ1) is 16.6. The van der Waals surface area contributed by atoms with Crippen LogP contribution in [0.25, 0.3) is 11.6 Å². The molecular formula is C18H22N6O2. The van der Waals surface area contributed by atoms with Crippen molar-refractivity contribution in [3.8, 4) is 23.1 Å². The fourth-order valence-electron chi connectivity index (χ4n) is 2.89. The Balaban J connectivity index is 1.57. The number of fused-ring (bicyclic) bond motifs is 1. The van der Waals surface area contributed by atoms with Crippen LogP contribution in [0.2, 0.25) is 0 Å². The number of aromatic nitrogens is 6. The summed E-state index contributed by atoms with van der Waals surface area (Å²) in [4.78, 5) is 8.83. The number of benzene rings is 1. The first-order valence-corrected chi connectivity index (χ1v) is 8.91. The molecule has 2 atom stereocenters. The molecule has 2 unspecified atom stereocenters. The maximum atomic E-state index is 6.07. The SMILES string of the molecule is CCC(C)Cc1nc(-c2ncn[nH]2)nn1CC1COc2ccccc2O1. The van der Waals surface area contributed by atoms with E-state index in [9.17, 15) is 0 Å². The van der Waals surface area contributed by atoms with E-state index in [0.29, 0.717) is 30.7 Å². The minimum atomic E-state index is -0.121. The second kappa shape index (κ2) is 7.15. The van der Waals surface area contributed by atoms with Crippen LogP contribution in [-0.4, -0.2) is 42.7 Å². The maximum Gasteiger partial charge on any atom is 0.218 e. The van der Waals surface area contributed by atoms with Crippen molar-refractivity contribution in [3.05, 3.63) is 36.4 Å². The number of aromatic amines is 1.